The van der Waals surface area contributed by atoms with E-state index >= 15 is 0 Å². The van der Waals surface area contributed by atoms with E-state index in [1.165, 1.54) is 12.3 Å². The number of alkyl halides is 6. The second kappa shape index (κ2) is 8.24. The molecule has 0 atom stereocenters. The Kier molecular flexibility index (Phi) is 5.55. The molecule has 0 unspecified atom stereocenters. The summed E-state index contributed by atoms with van der Waals surface area (Å²) in [7, 11) is 0. The number of nitrogens with two attached hydrogens (primary N) is 1. The number of amides is 1. The van der Waals surface area contributed by atoms with Crippen molar-refractivity contribution >= 4 is 28.6 Å². The molecule has 0 aliphatic carbocycles. The number of hydrogen-bond acceptors (Lipinski definition) is 5. The van der Waals surface area contributed by atoms with E-state index in [4.69, 9.17) is 5.73 Å². The maximum atomic E-state index is 13.1. The maximum absolute atomic E-state index is 13.1. The number of para-hydroxylation sites is 1. The van der Waals surface area contributed by atoms with E-state index in [0.29, 0.717) is 28.6 Å². The number of carbonyl (C=O) groups is 1. The van der Waals surface area contributed by atoms with Crippen LogP contribution >= 0.6 is 0 Å². The van der Waals surface area contributed by atoms with Crippen LogP contribution in [-0.2, 0) is 17.1 Å². The van der Waals surface area contributed by atoms with Crippen LogP contribution in [0.15, 0.2) is 55.0 Å². The molecule has 0 saturated heterocycles. The summed E-state index contributed by atoms with van der Waals surface area (Å²) in [6.07, 6.45) is -6.62. The lowest BCUT2D eigenvalue weighted by molar-refractivity contribution is -0.150. The fraction of sp³-hybridized carbons (Fsp3) is 0.0952. The topological polar surface area (TPSA) is 99.6 Å². The van der Waals surface area contributed by atoms with Crippen LogP contribution in [0.5, 0.6) is 0 Å². The molecule has 4 aromatic rings. The van der Waals surface area contributed by atoms with E-state index in [9.17, 15) is 31.1 Å². The van der Waals surface area contributed by atoms with Gasteiger partial charge in [-0.2, -0.15) is 26.3 Å². The lowest BCUT2D eigenvalue weighted by Crippen LogP contribution is -2.15. The second-order valence-corrected chi connectivity index (χ2v) is 6.95. The third kappa shape index (κ3) is 4.58. The highest BCUT2D eigenvalue weighted by molar-refractivity contribution is 6.25. The molecular formula is C21H12F6N6O. The highest BCUT2D eigenvalue weighted by Gasteiger charge is 2.39. The highest BCUT2D eigenvalue weighted by Crippen LogP contribution is 2.35. The van der Waals surface area contributed by atoms with Crippen LogP contribution in [0.2, 0.25) is 0 Å². The second-order valence-electron chi connectivity index (χ2n) is 6.95. The summed E-state index contributed by atoms with van der Waals surface area (Å²) in [6.45, 7) is 0. The number of pyridine rings is 2. The summed E-state index contributed by atoms with van der Waals surface area (Å²) in [5.41, 5.74) is 2.41. The van der Waals surface area contributed by atoms with Crippen LogP contribution < -0.4 is 5.73 Å². The van der Waals surface area contributed by atoms with Gasteiger partial charge in [-0.15, -0.1) is 5.10 Å². The number of halogens is 6. The standard InChI is InChI=1S/C21H12F6N6O/c22-20(23,24)16-7-11(8-17(31-16)21(25,26)27)19-30-10-33(32-19)9-14(18(28)34)12-5-6-29-15-4-2-1-3-13(12)15/h1-10H,(H2,28,34)/b14-9+. The Morgan fingerprint density at radius 2 is 1.59 bits per heavy atom. The molecule has 0 spiro atoms. The quantitative estimate of drug-likeness (QED) is 0.346. The van der Waals surface area contributed by atoms with E-state index < -0.39 is 41.0 Å². The fourth-order valence-corrected chi connectivity index (χ4v) is 3.15. The first-order chi connectivity index (χ1) is 15.9. The van der Waals surface area contributed by atoms with Crippen LogP contribution in [0.3, 0.4) is 0 Å². The van der Waals surface area contributed by atoms with E-state index in [1.54, 1.807) is 24.3 Å². The molecule has 3 heterocycles. The van der Waals surface area contributed by atoms with Crippen LogP contribution in [0.1, 0.15) is 17.0 Å². The van der Waals surface area contributed by atoms with Gasteiger partial charge >= 0.3 is 12.4 Å². The number of benzene rings is 1. The lowest BCUT2D eigenvalue weighted by atomic mass is 10.0. The molecule has 0 aliphatic rings. The molecule has 34 heavy (non-hydrogen) atoms. The molecule has 0 radical (unpaired) electrons. The smallest absolute Gasteiger partial charge is 0.366 e. The van der Waals surface area contributed by atoms with Crippen LogP contribution in [0.4, 0.5) is 26.3 Å². The minimum Gasteiger partial charge on any atom is -0.366 e. The van der Waals surface area contributed by atoms with Crippen molar-refractivity contribution in [2.45, 2.75) is 12.4 Å². The molecule has 7 nitrogen and oxygen atoms in total. The summed E-state index contributed by atoms with van der Waals surface area (Å²) in [5.74, 6) is -1.30. The molecule has 1 aromatic carbocycles. The van der Waals surface area contributed by atoms with Crippen LogP contribution in [-0.4, -0.2) is 30.6 Å². The highest BCUT2D eigenvalue weighted by atomic mass is 19.4. The number of primary amides is 1. The predicted octanol–water partition coefficient (Wildman–Crippen LogP) is 4.41. The number of aromatic nitrogens is 5. The van der Waals surface area contributed by atoms with E-state index in [2.05, 4.69) is 20.1 Å². The molecule has 13 heteroatoms. The Balaban J connectivity index is 1.81. The summed E-state index contributed by atoms with van der Waals surface area (Å²) < 4.78 is 79.5. The van der Waals surface area contributed by atoms with Crippen molar-refractivity contribution < 1.29 is 31.1 Å². The molecule has 2 N–H and O–H groups in total. The van der Waals surface area contributed by atoms with Crippen molar-refractivity contribution in [2.24, 2.45) is 5.73 Å². The fourth-order valence-electron chi connectivity index (χ4n) is 3.15. The monoisotopic (exact) mass is 478 g/mol. The minimum absolute atomic E-state index is 0.0308. The van der Waals surface area contributed by atoms with Gasteiger partial charge in [0.25, 0.3) is 5.91 Å². The maximum Gasteiger partial charge on any atom is 0.433 e. The van der Waals surface area contributed by atoms with Gasteiger partial charge in [-0.05, 0) is 29.8 Å². The number of rotatable bonds is 4. The summed E-state index contributed by atoms with van der Waals surface area (Å²) >= 11 is 0. The molecule has 3 aromatic heterocycles. The molecular weight excluding hydrogens is 466 g/mol. The SMILES string of the molecule is NC(=O)/C(=C/n1cnc(-c2cc(C(F)(F)F)nc(C(F)(F)F)c2)n1)c1ccnc2ccccc12. The zero-order valence-electron chi connectivity index (χ0n) is 16.8. The van der Waals surface area contributed by atoms with Gasteiger partial charge in [0.2, 0.25) is 0 Å². The van der Waals surface area contributed by atoms with Crippen molar-refractivity contribution in [3.63, 3.8) is 0 Å². The van der Waals surface area contributed by atoms with Crippen molar-refractivity contribution in [3.8, 4) is 11.4 Å². The zero-order valence-corrected chi connectivity index (χ0v) is 16.8. The Morgan fingerprint density at radius 3 is 2.21 bits per heavy atom. The first-order valence-electron chi connectivity index (χ1n) is 9.37. The Morgan fingerprint density at radius 1 is 0.941 bits per heavy atom. The summed E-state index contributed by atoms with van der Waals surface area (Å²) in [5, 5.41) is 4.49. The van der Waals surface area contributed by atoms with Gasteiger partial charge in [-0.3, -0.25) is 9.78 Å². The van der Waals surface area contributed by atoms with Crippen molar-refractivity contribution in [1.29, 1.82) is 0 Å². The van der Waals surface area contributed by atoms with Crippen molar-refractivity contribution in [2.75, 3.05) is 0 Å². The number of nitrogens with zero attached hydrogens (tertiary/aromatic N) is 5. The van der Waals surface area contributed by atoms with E-state index in [0.717, 1.165) is 17.2 Å². The van der Waals surface area contributed by atoms with Gasteiger partial charge in [-0.1, -0.05) is 18.2 Å². The molecule has 174 valence electrons. The molecule has 1 amide bonds. The van der Waals surface area contributed by atoms with Gasteiger partial charge in [-0.25, -0.2) is 14.6 Å². The normalized spacial score (nSPS) is 12.8. The third-order valence-electron chi connectivity index (χ3n) is 4.64. The largest absolute Gasteiger partial charge is 0.433 e. The first kappa shape index (κ1) is 22.9. The summed E-state index contributed by atoms with van der Waals surface area (Å²) in [6, 6.07) is 9.23. The Hall–Kier alpha value is -4.29. The third-order valence-corrected chi connectivity index (χ3v) is 4.64. The molecule has 0 bridgehead atoms. The average Bonchev–Trinajstić information content (AvgIpc) is 3.24. The number of carbonyl (C=O) groups excluding carboxylic acids is 1. The van der Waals surface area contributed by atoms with E-state index in [-0.39, 0.29) is 5.57 Å². The van der Waals surface area contributed by atoms with Crippen molar-refractivity contribution in [1.82, 2.24) is 24.7 Å². The van der Waals surface area contributed by atoms with E-state index in [1.807, 2.05) is 0 Å². The summed E-state index contributed by atoms with van der Waals surface area (Å²) in [4.78, 5) is 22.8. The van der Waals surface area contributed by atoms with Crippen molar-refractivity contribution in [3.05, 3.63) is 71.9 Å². The van der Waals surface area contributed by atoms with Gasteiger partial charge in [0, 0.05) is 23.3 Å². The average molecular weight is 478 g/mol. The van der Waals surface area contributed by atoms with Crippen LogP contribution in [0.25, 0.3) is 34.1 Å². The number of hydrogen-bond donors (Lipinski definition) is 1. The minimum atomic E-state index is -5.12. The predicted molar refractivity (Wildman–Crippen MR) is 108 cm³/mol. The molecule has 0 saturated carbocycles. The molecule has 0 fully saturated rings. The Labute approximate surface area is 186 Å². The number of fused-ring (bicyclic) bond motifs is 1. The van der Waals surface area contributed by atoms with Gasteiger partial charge in [0.1, 0.15) is 17.7 Å². The van der Waals surface area contributed by atoms with Crippen LogP contribution in [0, 0.1) is 0 Å². The molecule has 0 aliphatic heterocycles. The van der Waals surface area contributed by atoms with Gasteiger partial charge < -0.3 is 5.73 Å². The first-order valence-corrected chi connectivity index (χ1v) is 9.37. The zero-order chi connectivity index (χ0) is 24.7. The lowest BCUT2D eigenvalue weighted by Gasteiger charge is -2.11. The Bertz CT molecular complexity index is 1390. The van der Waals surface area contributed by atoms with Gasteiger partial charge in [0.05, 0.1) is 11.1 Å². The molecule has 4 rings (SSSR count). The van der Waals surface area contributed by atoms with Gasteiger partial charge in [0.15, 0.2) is 5.82 Å².